The lowest BCUT2D eigenvalue weighted by molar-refractivity contribution is -0.161. The molecule has 1 amide bonds. The van der Waals surface area contributed by atoms with Crippen LogP contribution in [0.4, 0.5) is 0 Å². The van der Waals surface area contributed by atoms with E-state index in [9.17, 15) is 15.0 Å². The fourth-order valence-electron chi connectivity index (χ4n) is 6.17. The van der Waals surface area contributed by atoms with Crippen molar-refractivity contribution < 1.29 is 15.0 Å². The highest BCUT2D eigenvalue weighted by atomic mass is 16.3. The molecule has 4 nitrogen and oxygen atoms in total. The Bertz CT molecular complexity index is 883. The molecule has 0 radical (unpaired) electrons. The number of benzene rings is 2. The van der Waals surface area contributed by atoms with Crippen LogP contribution in [0, 0.1) is 17.8 Å². The number of likely N-dealkylation sites (tertiary alicyclic amines) is 1. The molecule has 33 heavy (non-hydrogen) atoms. The minimum absolute atomic E-state index is 0.0128. The van der Waals surface area contributed by atoms with Crippen molar-refractivity contribution in [3.8, 4) is 5.75 Å². The van der Waals surface area contributed by atoms with Gasteiger partial charge in [-0.3, -0.25) is 4.79 Å². The molecule has 2 fully saturated rings. The van der Waals surface area contributed by atoms with Gasteiger partial charge in [0.05, 0.1) is 0 Å². The summed E-state index contributed by atoms with van der Waals surface area (Å²) in [6, 6.07) is 17.2. The second-order valence-electron chi connectivity index (χ2n) is 10.1. The van der Waals surface area contributed by atoms with Gasteiger partial charge in [-0.1, -0.05) is 68.7 Å². The normalized spacial score (nSPS) is 20.5. The number of hydrogen-bond donors (Lipinski definition) is 2. The molecule has 2 aromatic rings. The average molecular weight is 450 g/mol. The zero-order chi connectivity index (χ0) is 23.3. The maximum atomic E-state index is 13.7. The number of phenols is 1. The molecule has 4 rings (SSSR count). The van der Waals surface area contributed by atoms with E-state index in [1.165, 1.54) is 5.56 Å². The summed E-state index contributed by atoms with van der Waals surface area (Å²) in [5, 5.41) is 21.3. The Balaban J connectivity index is 1.39. The minimum Gasteiger partial charge on any atom is -0.508 e. The first kappa shape index (κ1) is 23.8. The molecule has 4 heteroatoms. The maximum absolute atomic E-state index is 13.7. The molecule has 1 saturated heterocycles. The van der Waals surface area contributed by atoms with Crippen LogP contribution in [0.3, 0.4) is 0 Å². The zero-order valence-electron chi connectivity index (χ0n) is 20.0. The van der Waals surface area contributed by atoms with Crippen molar-refractivity contribution >= 4 is 5.91 Å². The number of carbonyl (C=O) groups is 1. The SMILES string of the molecule is CCC(CCc1ccc(O)cc1)C1CCN(C(=O)C(O)(c2ccccc2)C2CCCC2)CC1. The molecule has 0 bridgehead atoms. The van der Waals surface area contributed by atoms with Crippen molar-refractivity contribution in [1.29, 1.82) is 0 Å². The summed E-state index contributed by atoms with van der Waals surface area (Å²) in [5.41, 5.74) is 0.626. The Morgan fingerprint density at radius 2 is 1.64 bits per heavy atom. The Morgan fingerprint density at radius 3 is 2.24 bits per heavy atom. The van der Waals surface area contributed by atoms with Crippen molar-refractivity contribution in [3.63, 3.8) is 0 Å². The lowest BCUT2D eigenvalue weighted by Crippen LogP contribution is -2.53. The van der Waals surface area contributed by atoms with Gasteiger partial charge in [0.2, 0.25) is 0 Å². The van der Waals surface area contributed by atoms with Crippen LogP contribution in [0.5, 0.6) is 5.75 Å². The van der Waals surface area contributed by atoms with E-state index in [4.69, 9.17) is 0 Å². The summed E-state index contributed by atoms with van der Waals surface area (Å²) >= 11 is 0. The topological polar surface area (TPSA) is 60.8 Å². The number of piperidine rings is 1. The van der Waals surface area contributed by atoms with E-state index in [0.717, 1.165) is 76.4 Å². The molecule has 2 N–H and O–H groups in total. The van der Waals surface area contributed by atoms with Crippen LogP contribution in [0.2, 0.25) is 0 Å². The van der Waals surface area contributed by atoms with Crippen molar-refractivity contribution in [2.45, 2.75) is 70.3 Å². The van der Waals surface area contributed by atoms with Gasteiger partial charge in [0, 0.05) is 19.0 Å². The zero-order valence-corrected chi connectivity index (χ0v) is 20.0. The van der Waals surface area contributed by atoms with Crippen LogP contribution in [0.15, 0.2) is 54.6 Å². The van der Waals surface area contributed by atoms with E-state index in [2.05, 4.69) is 6.92 Å². The third-order valence-electron chi connectivity index (χ3n) is 8.24. The van der Waals surface area contributed by atoms with E-state index in [-0.39, 0.29) is 11.8 Å². The fourth-order valence-corrected chi connectivity index (χ4v) is 6.17. The number of aliphatic hydroxyl groups is 1. The highest BCUT2D eigenvalue weighted by molar-refractivity contribution is 5.87. The lowest BCUT2D eigenvalue weighted by atomic mass is 9.77. The number of carbonyl (C=O) groups excluding carboxylic acids is 1. The van der Waals surface area contributed by atoms with Gasteiger partial charge in [-0.25, -0.2) is 0 Å². The predicted molar refractivity (Wildman–Crippen MR) is 132 cm³/mol. The van der Waals surface area contributed by atoms with Gasteiger partial charge in [-0.15, -0.1) is 0 Å². The summed E-state index contributed by atoms with van der Waals surface area (Å²) in [7, 11) is 0. The van der Waals surface area contributed by atoms with E-state index in [1.54, 1.807) is 12.1 Å². The molecule has 2 aliphatic rings. The van der Waals surface area contributed by atoms with Crippen LogP contribution in [0.25, 0.3) is 0 Å². The minimum atomic E-state index is -1.40. The number of aryl methyl sites for hydroxylation is 1. The second kappa shape index (κ2) is 10.7. The molecule has 178 valence electrons. The molecule has 0 aromatic heterocycles. The first-order valence-electron chi connectivity index (χ1n) is 12.9. The van der Waals surface area contributed by atoms with Gasteiger partial charge in [0.25, 0.3) is 5.91 Å². The van der Waals surface area contributed by atoms with Gasteiger partial charge in [-0.05, 0) is 73.6 Å². The first-order valence-corrected chi connectivity index (χ1v) is 12.9. The average Bonchev–Trinajstić information content (AvgIpc) is 3.41. The number of nitrogens with zero attached hydrogens (tertiary/aromatic N) is 1. The molecular weight excluding hydrogens is 410 g/mol. The van der Waals surface area contributed by atoms with Gasteiger partial charge < -0.3 is 15.1 Å². The summed E-state index contributed by atoms with van der Waals surface area (Å²) in [6.45, 7) is 3.75. The molecule has 1 aliphatic heterocycles. The number of hydrogen-bond acceptors (Lipinski definition) is 3. The van der Waals surface area contributed by atoms with Gasteiger partial charge in [0.15, 0.2) is 5.60 Å². The standard InChI is InChI=1S/C29H39NO3/c1-2-23(15-12-22-13-16-27(31)17-14-22)24-18-20-30(21-19-24)28(32)29(33,26-10-6-7-11-26)25-8-4-3-5-9-25/h3-5,8-9,13-14,16-17,23-24,26,31,33H,2,6-7,10-12,15,18-21H2,1H3. The number of phenolic OH excluding ortho intramolecular Hbond substituents is 1. The van der Waals surface area contributed by atoms with Crippen molar-refractivity contribution in [3.05, 3.63) is 65.7 Å². The fraction of sp³-hybridized carbons (Fsp3) is 0.552. The van der Waals surface area contributed by atoms with Crippen LogP contribution in [-0.4, -0.2) is 34.1 Å². The summed E-state index contributed by atoms with van der Waals surface area (Å²) in [6.07, 6.45) is 9.34. The summed E-state index contributed by atoms with van der Waals surface area (Å²) in [4.78, 5) is 15.7. The molecule has 0 spiro atoms. The quantitative estimate of drug-likeness (QED) is 0.546. The summed E-state index contributed by atoms with van der Waals surface area (Å²) in [5.74, 6) is 1.50. The van der Waals surface area contributed by atoms with Crippen LogP contribution >= 0.6 is 0 Å². The molecule has 1 heterocycles. The molecule has 2 unspecified atom stereocenters. The third kappa shape index (κ3) is 5.27. The first-order chi connectivity index (χ1) is 16.0. The molecule has 2 atom stereocenters. The maximum Gasteiger partial charge on any atom is 0.259 e. The number of aromatic hydroxyl groups is 1. The van der Waals surface area contributed by atoms with Crippen molar-refractivity contribution in [2.24, 2.45) is 17.8 Å². The smallest absolute Gasteiger partial charge is 0.259 e. The highest BCUT2D eigenvalue weighted by Gasteiger charge is 2.48. The molecule has 1 saturated carbocycles. The monoisotopic (exact) mass is 449 g/mol. The van der Waals surface area contributed by atoms with E-state index in [1.807, 2.05) is 47.4 Å². The summed E-state index contributed by atoms with van der Waals surface area (Å²) < 4.78 is 0. The van der Waals surface area contributed by atoms with E-state index >= 15 is 0 Å². The predicted octanol–water partition coefficient (Wildman–Crippen LogP) is 5.67. The molecular formula is C29H39NO3. The third-order valence-corrected chi connectivity index (χ3v) is 8.24. The molecule has 2 aromatic carbocycles. The van der Waals surface area contributed by atoms with Gasteiger partial charge in [-0.2, -0.15) is 0 Å². The van der Waals surface area contributed by atoms with E-state index < -0.39 is 5.60 Å². The molecule has 1 aliphatic carbocycles. The van der Waals surface area contributed by atoms with Crippen LogP contribution in [0.1, 0.15) is 69.4 Å². The largest absolute Gasteiger partial charge is 0.508 e. The van der Waals surface area contributed by atoms with Gasteiger partial charge >= 0.3 is 0 Å². The van der Waals surface area contributed by atoms with Crippen molar-refractivity contribution in [1.82, 2.24) is 4.90 Å². The Labute approximate surface area is 198 Å². The van der Waals surface area contributed by atoms with Gasteiger partial charge in [0.1, 0.15) is 5.75 Å². The number of amides is 1. The lowest BCUT2D eigenvalue weighted by Gasteiger charge is -2.42. The Morgan fingerprint density at radius 1 is 1.00 bits per heavy atom. The van der Waals surface area contributed by atoms with Crippen LogP contribution < -0.4 is 0 Å². The van der Waals surface area contributed by atoms with Crippen LogP contribution in [-0.2, 0) is 16.8 Å². The second-order valence-corrected chi connectivity index (χ2v) is 10.1. The number of rotatable bonds is 8. The van der Waals surface area contributed by atoms with E-state index in [0.29, 0.717) is 17.6 Å². The Hall–Kier alpha value is -2.33. The van der Waals surface area contributed by atoms with Crippen molar-refractivity contribution in [2.75, 3.05) is 13.1 Å². The highest BCUT2D eigenvalue weighted by Crippen LogP contribution is 2.42. The Kier molecular flexibility index (Phi) is 7.75.